The third-order valence-electron chi connectivity index (χ3n) is 12.3. The van der Waals surface area contributed by atoms with Gasteiger partial charge < -0.3 is 19.7 Å². The number of allylic oxidation sites excluding steroid dienone is 4. The minimum Gasteiger partial charge on any atom is -0.453 e. The molecule has 1 spiro atoms. The van der Waals surface area contributed by atoms with Gasteiger partial charge in [-0.2, -0.15) is 0 Å². The van der Waals surface area contributed by atoms with Crippen LogP contribution in [0, 0.1) is 27.6 Å². The average molecular weight is 485 g/mol. The molecule has 0 aromatic carbocycles. The molecule has 0 radical (unpaired) electrons. The van der Waals surface area contributed by atoms with E-state index in [4.69, 9.17) is 9.47 Å². The Morgan fingerprint density at radius 2 is 1.63 bits per heavy atom. The smallest absolute Gasteiger partial charge is 0.317 e. The zero-order valence-corrected chi connectivity index (χ0v) is 22.7. The van der Waals surface area contributed by atoms with E-state index in [-0.39, 0.29) is 34.6 Å². The number of cyclic esters (lactones) is 1. The summed E-state index contributed by atoms with van der Waals surface area (Å²) in [5.74, 6) is 0.0975. The van der Waals surface area contributed by atoms with E-state index in [0.717, 1.165) is 38.5 Å². The Kier molecular flexibility index (Phi) is 4.58. The highest BCUT2D eigenvalue weighted by molar-refractivity contribution is 5.87. The van der Waals surface area contributed by atoms with Crippen molar-refractivity contribution in [3.05, 3.63) is 23.3 Å². The Balaban J connectivity index is 1.46. The fourth-order valence-corrected chi connectivity index (χ4v) is 9.98. The van der Waals surface area contributed by atoms with Gasteiger partial charge in [0.25, 0.3) is 0 Å². The first-order valence-corrected chi connectivity index (χ1v) is 13.8. The Morgan fingerprint density at radius 3 is 2.29 bits per heavy atom. The van der Waals surface area contributed by atoms with Crippen LogP contribution in [0.15, 0.2) is 23.3 Å². The summed E-state index contributed by atoms with van der Waals surface area (Å²) in [5.41, 5.74) is -1.69. The molecule has 5 unspecified atom stereocenters. The van der Waals surface area contributed by atoms with Gasteiger partial charge >= 0.3 is 5.97 Å². The largest absolute Gasteiger partial charge is 0.453 e. The van der Waals surface area contributed by atoms with Crippen LogP contribution in [-0.4, -0.2) is 45.2 Å². The Hall–Kier alpha value is -1.17. The van der Waals surface area contributed by atoms with Crippen LogP contribution in [0.5, 0.6) is 0 Å². The Labute approximate surface area is 210 Å². The summed E-state index contributed by atoms with van der Waals surface area (Å²) in [6, 6.07) is 0. The summed E-state index contributed by atoms with van der Waals surface area (Å²) in [5, 5.41) is 23.4. The maximum atomic E-state index is 14.0. The second kappa shape index (κ2) is 6.63. The molecule has 0 bridgehead atoms. The van der Waals surface area contributed by atoms with Gasteiger partial charge in [-0.25, -0.2) is 0 Å². The van der Waals surface area contributed by atoms with Crippen LogP contribution in [0.1, 0.15) is 99.8 Å². The molecule has 194 valence electrons. The van der Waals surface area contributed by atoms with E-state index in [2.05, 4.69) is 53.7 Å². The zero-order valence-electron chi connectivity index (χ0n) is 22.7. The lowest BCUT2D eigenvalue weighted by Crippen LogP contribution is -2.64. The van der Waals surface area contributed by atoms with Crippen LogP contribution < -0.4 is 0 Å². The molecule has 2 saturated heterocycles. The fraction of sp³-hybridized carbons (Fsp3) is 0.833. The molecule has 6 aliphatic rings. The predicted molar refractivity (Wildman–Crippen MR) is 133 cm³/mol. The van der Waals surface area contributed by atoms with Crippen molar-refractivity contribution in [2.24, 2.45) is 27.6 Å². The number of carbonyl (C=O) groups is 1. The minimum absolute atomic E-state index is 0.0391. The van der Waals surface area contributed by atoms with E-state index in [1.54, 1.807) is 0 Å². The van der Waals surface area contributed by atoms with E-state index in [1.165, 1.54) is 11.1 Å². The third kappa shape index (κ3) is 2.50. The number of esters is 1. The quantitative estimate of drug-likeness (QED) is 0.498. The highest BCUT2D eigenvalue weighted by Crippen LogP contribution is 2.76. The third-order valence-corrected chi connectivity index (χ3v) is 12.3. The molecular formula is C30H44O5. The first-order valence-electron chi connectivity index (χ1n) is 13.8. The zero-order chi connectivity index (χ0) is 25.4. The molecule has 6 rings (SSSR count). The van der Waals surface area contributed by atoms with Crippen molar-refractivity contribution in [2.45, 2.75) is 129 Å². The predicted octanol–water partition coefficient (Wildman–Crippen LogP) is 5.24. The van der Waals surface area contributed by atoms with Gasteiger partial charge in [-0.1, -0.05) is 39.8 Å². The lowest BCUT2D eigenvalue weighted by Gasteiger charge is -2.60. The lowest BCUT2D eigenvalue weighted by molar-refractivity contribution is -0.201. The van der Waals surface area contributed by atoms with E-state index >= 15 is 0 Å². The summed E-state index contributed by atoms with van der Waals surface area (Å²) in [6.45, 7) is 15.1. The van der Waals surface area contributed by atoms with Crippen molar-refractivity contribution in [3.8, 4) is 0 Å². The van der Waals surface area contributed by atoms with Gasteiger partial charge in [0.1, 0.15) is 17.1 Å². The van der Waals surface area contributed by atoms with Gasteiger partial charge in [-0.3, -0.25) is 4.79 Å². The number of fused-ring (bicyclic) bond motifs is 4. The molecule has 4 fully saturated rings. The molecule has 4 aliphatic carbocycles. The van der Waals surface area contributed by atoms with Crippen molar-refractivity contribution >= 4 is 5.97 Å². The number of aliphatic hydroxyl groups is 2. The van der Waals surface area contributed by atoms with Crippen LogP contribution in [0.2, 0.25) is 0 Å². The van der Waals surface area contributed by atoms with E-state index < -0.39 is 22.0 Å². The summed E-state index contributed by atoms with van der Waals surface area (Å²) >= 11 is 0. The lowest BCUT2D eigenvalue weighted by atomic mass is 9.43. The van der Waals surface area contributed by atoms with Crippen LogP contribution in [-0.2, 0) is 14.3 Å². The highest BCUT2D eigenvalue weighted by Gasteiger charge is 2.84. The SMILES string of the molecule is CC1(C)CCC(C2(C)OC(=O)C34CC=C5C(=CC[C@@H]6C5(C)CCC(O)C6(C)C)[C@]3(C)CC[C@]24O)O1. The summed E-state index contributed by atoms with van der Waals surface area (Å²) < 4.78 is 12.7. The van der Waals surface area contributed by atoms with Crippen LogP contribution in [0.25, 0.3) is 0 Å². The number of carbonyl (C=O) groups excluding carboxylic acids is 1. The Morgan fingerprint density at radius 1 is 0.914 bits per heavy atom. The number of aliphatic hydroxyl groups excluding tert-OH is 1. The van der Waals surface area contributed by atoms with Crippen molar-refractivity contribution in [2.75, 3.05) is 0 Å². The molecule has 5 nitrogen and oxygen atoms in total. The van der Waals surface area contributed by atoms with Gasteiger partial charge in [-0.05, 0) is 100 Å². The monoisotopic (exact) mass is 484 g/mol. The van der Waals surface area contributed by atoms with Crippen molar-refractivity contribution < 1.29 is 24.5 Å². The Bertz CT molecular complexity index is 1050. The van der Waals surface area contributed by atoms with Gasteiger partial charge in [0.15, 0.2) is 5.60 Å². The molecule has 2 heterocycles. The molecule has 2 N–H and O–H groups in total. The van der Waals surface area contributed by atoms with Gasteiger partial charge in [0.05, 0.1) is 11.7 Å². The summed E-state index contributed by atoms with van der Waals surface area (Å²) in [6.07, 6.45) is 10.1. The normalized spacial score (nSPS) is 53.6. The highest BCUT2D eigenvalue weighted by atomic mass is 16.6. The van der Waals surface area contributed by atoms with Gasteiger partial charge in [-0.15, -0.1) is 0 Å². The average Bonchev–Trinajstić information content (AvgIpc) is 3.32. The second-order valence-electron chi connectivity index (χ2n) is 14.5. The van der Waals surface area contributed by atoms with E-state index in [9.17, 15) is 15.0 Å². The first kappa shape index (κ1) is 24.2. The van der Waals surface area contributed by atoms with Crippen molar-refractivity contribution in [3.63, 3.8) is 0 Å². The van der Waals surface area contributed by atoms with Crippen LogP contribution >= 0.6 is 0 Å². The number of hydrogen-bond donors (Lipinski definition) is 2. The van der Waals surface area contributed by atoms with E-state index in [0.29, 0.717) is 18.8 Å². The molecule has 0 amide bonds. The molecular weight excluding hydrogens is 440 g/mol. The molecule has 0 aromatic heterocycles. The summed E-state index contributed by atoms with van der Waals surface area (Å²) in [7, 11) is 0. The maximum Gasteiger partial charge on any atom is 0.317 e. The van der Waals surface area contributed by atoms with E-state index in [1.807, 2.05) is 6.92 Å². The number of rotatable bonds is 1. The maximum absolute atomic E-state index is 14.0. The number of hydrogen-bond acceptors (Lipinski definition) is 5. The van der Waals surface area contributed by atoms with Crippen molar-refractivity contribution in [1.29, 1.82) is 0 Å². The first-order chi connectivity index (χ1) is 16.1. The van der Waals surface area contributed by atoms with Crippen LogP contribution in [0.4, 0.5) is 0 Å². The molecule has 35 heavy (non-hydrogen) atoms. The van der Waals surface area contributed by atoms with Gasteiger partial charge in [0, 0.05) is 5.41 Å². The minimum atomic E-state index is -1.28. The van der Waals surface area contributed by atoms with Crippen LogP contribution in [0.3, 0.4) is 0 Å². The topological polar surface area (TPSA) is 76.0 Å². The van der Waals surface area contributed by atoms with Crippen molar-refractivity contribution in [1.82, 2.24) is 0 Å². The van der Waals surface area contributed by atoms with Gasteiger partial charge in [0.2, 0.25) is 0 Å². The summed E-state index contributed by atoms with van der Waals surface area (Å²) in [4.78, 5) is 14.0. The molecule has 0 aromatic rings. The standard InChI is InChI=1S/C30H44O5/c1-24(2)13-12-22(34-24)28(7)30(33)17-16-27(6)19-8-9-20-25(3,4)21(31)11-14-26(20,5)18(19)10-15-29(27,30)23(32)35-28/h8,10,20-22,31,33H,9,11-17H2,1-7H3/t20-,21?,22?,26?,27-,28?,29?,30-/m0/s1. The molecule has 8 atom stereocenters. The molecule has 2 aliphatic heterocycles. The molecule has 2 saturated carbocycles. The fourth-order valence-electron chi connectivity index (χ4n) is 9.98. The second-order valence-corrected chi connectivity index (χ2v) is 14.5. The number of ether oxygens (including phenoxy) is 2. The molecule has 5 heteroatoms.